The van der Waals surface area contributed by atoms with Gasteiger partial charge in [-0.1, -0.05) is 24.3 Å². The fraction of sp³-hybridized carbons (Fsp3) is 0.286. The minimum Gasteiger partial charge on any atom is -0.493 e. The fourth-order valence-electron chi connectivity index (χ4n) is 5.49. The van der Waals surface area contributed by atoms with Crippen LogP contribution in [-0.2, 0) is 17.8 Å². The van der Waals surface area contributed by atoms with Crippen LogP contribution in [0.3, 0.4) is 0 Å². The third-order valence-electron chi connectivity index (χ3n) is 7.21. The van der Waals surface area contributed by atoms with Crippen LogP contribution < -0.4 is 24.3 Å². The molecule has 0 fully saturated rings. The Morgan fingerprint density at radius 3 is 2.61 bits per heavy atom. The summed E-state index contributed by atoms with van der Waals surface area (Å²) in [4.78, 5) is 29.2. The molecule has 0 radical (unpaired) electrons. The van der Waals surface area contributed by atoms with E-state index >= 15 is 0 Å². The van der Waals surface area contributed by atoms with Crippen LogP contribution in [0, 0.1) is 0 Å². The number of fused-ring (bicyclic) bond motifs is 5. The number of ether oxygens (including phenoxy) is 4. The number of nitrogens with zero attached hydrogens (tertiary/aromatic N) is 1. The van der Waals surface area contributed by atoms with Crippen LogP contribution in [0.2, 0.25) is 0 Å². The zero-order valence-corrected chi connectivity index (χ0v) is 20.1. The molecule has 2 amide bonds. The Bertz CT molecular complexity index is 1370. The third kappa shape index (κ3) is 3.52. The smallest absolute Gasteiger partial charge is 0.254 e. The number of amides is 2. The lowest BCUT2D eigenvalue weighted by atomic mass is 9.75. The Morgan fingerprint density at radius 1 is 1.00 bits per heavy atom. The van der Waals surface area contributed by atoms with Gasteiger partial charge in [-0.05, 0) is 59.0 Å². The molecule has 8 heteroatoms. The van der Waals surface area contributed by atoms with Crippen LogP contribution in [0.1, 0.15) is 44.6 Å². The molecule has 0 bridgehead atoms. The Morgan fingerprint density at radius 2 is 1.78 bits per heavy atom. The van der Waals surface area contributed by atoms with Crippen molar-refractivity contribution in [3.63, 3.8) is 0 Å². The molecule has 3 aromatic carbocycles. The molecule has 0 aromatic heterocycles. The van der Waals surface area contributed by atoms with E-state index < -0.39 is 12.0 Å². The zero-order chi connectivity index (χ0) is 24.8. The van der Waals surface area contributed by atoms with E-state index in [0.717, 1.165) is 22.3 Å². The molecule has 0 unspecified atom stereocenters. The number of methoxy groups -OCH3 is 2. The first-order valence-electron chi connectivity index (χ1n) is 11.9. The Hall–Kier alpha value is -4.20. The maximum Gasteiger partial charge on any atom is 0.254 e. The average Bonchev–Trinajstić information content (AvgIpc) is 3.39. The summed E-state index contributed by atoms with van der Waals surface area (Å²) in [6.45, 7) is 1.04. The molecule has 1 N–H and O–H groups in total. The monoisotopic (exact) mass is 486 g/mol. The minimum absolute atomic E-state index is 0.0594. The summed E-state index contributed by atoms with van der Waals surface area (Å²) in [7, 11) is 3.19. The van der Waals surface area contributed by atoms with Crippen molar-refractivity contribution >= 4 is 11.8 Å². The molecule has 0 saturated heterocycles. The van der Waals surface area contributed by atoms with Crippen molar-refractivity contribution in [1.82, 2.24) is 10.2 Å². The molecule has 6 rings (SSSR count). The number of carbonyl (C=O) groups excluding carboxylic acids is 2. The van der Waals surface area contributed by atoms with Gasteiger partial charge >= 0.3 is 0 Å². The number of rotatable bonds is 5. The normalized spacial score (nSPS) is 19.2. The summed E-state index contributed by atoms with van der Waals surface area (Å²) < 4.78 is 21.9. The van der Waals surface area contributed by atoms with Crippen molar-refractivity contribution in [1.29, 1.82) is 0 Å². The van der Waals surface area contributed by atoms with Crippen molar-refractivity contribution in [2.75, 3.05) is 27.6 Å². The Kier molecular flexibility index (Phi) is 5.44. The lowest BCUT2D eigenvalue weighted by Gasteiger charge is -2.45. The predicted octanol–water partition coefficient (Wildman–Crippen LogP) is 3.59. The molecule has 3 aliphatic heterocycles. The van der Waals surface area contributed by atoms with Crippen LogP contribution >= 0.6 is 0 Å². The number of nitrogens with one attached hydrogen (secondary N) is 1. The van der Waals surface area contributed by atoms with Gasteiger partial charge in [0.05, 0.1) is 26.2 Å². The number of carbonyl (C=O) groups is 2. The molecule has 0 aliphatic carbocycles. The second-order valence-electron chi connectivity index (χ2n) is 9.07. The van der Waals surface area contributed by atoms with Crippen LogP contribution in [0.25, 0.3) is 0 Å². The van der Waals surface area contributed by atoms with Gasteiger partial charge in [0, 0.05) is 18.7 Å². The highest BCUT2D eigenvalue weighted by atomic mass is 16.7. The van der Waals surface area contributed by atoms with Gasteiger partial charge in [0.2, 0.25) is 12.7 Å². The van der Waals surface area contributed by atoms with Gasteiger partial charge in [-0.2, -0.15) is 0 Å². The Labute approximate surface area is 208 Å². The standard InChI is InChI=1S/C28H26N2O6/c1-33-22-12-17-9-10-30-26(20(17)13-23(22)34-2)25(18-5-3-4-6-19(18)28(30)32)27(31)29-14-16-7-8-21-24(11-16)36-15-35-21/h3-8,11-13,25-26H,9-10,14-15H2,1-2H3,(H,29,31)/t25-,26+/m0/s1. The quantitative estimate of drug-likeness (QED) is 0.593. The lowest BCUT2D eigenvalue weighted by molar-refractivity contribution is -0.124. The van der Waals surface area contributed by atoms with Gasteiger partial charge < -0.3 is 29.2 Å². The molecule has 184 valence electrons. The van der Waals surface area contributed by atoms with Gasteiger partial charge in [0.1, 0.15) is 0 Å². The van der Waals surface area contributed by atoms with Crippen LogP contribution in [0.15, 0.2) is 54.6 Å². The van der Waals surface area contributed by atoms with E-state index in [1.807, 2.05) is 53.4 Å². The number of hydrogen-bond acceptors (Lipinski definition) is 6. The summed E-state index contributed by atoms with van der Waals surface area (Å²) in [5.41, 5.74) is 4.16. The van der Waals surface area contributed by atoms with E-state index in [-0.39, 0.29) is 18.6 Å². The molecule has 0 spiro atoms. The maximum absolute atomic E-state index is 13.9. The molecule has 36 heavy (non-hydrogen) atoms. The van der Waals surface area contributed by atoms with Gasteiger partial charge in [0.25, 0.3) is 5.91 Å². The average molecular weight is 487 g/mol. The first-order valence-corrected chi connectivity index (χ1v) is 11.9. The van der Waals surface area contributed by atoms with Crippen molar-refractivity contribution in [2.45, 2.75) is 24.9 Å². The first kappa shape index (κ1) is 22.3. The molecule has 3 heterocycles. The summed E-state index contributed by atoms with van der Waals surface area (Å²) in [5.74, 6) is 1.79. The second kappa shape index (κ2) is 8.78. The van der Waals surface area contributed by atoms with Crippen LogP contribution in [0.5, 0.6) is 23.0 Å². The van der Waals surface area contributed by atoms with Gasteiger partial charge in [-0.25, -0.2) is 0 Å². The molecule has 2 atom stereocenters. The van der Waals surface area contributed by atoms with E-state index in [1.165, 1.54) is 0 Å². The Balaban J connectivity index is 1.39. The summed E-state index contributed by atoms with van der Waals surface area (Å²) in [6, 6.07) is 16.4. The lowest BCUT2D eigenvalue weighted by Crippen LogP contribution is -2.50. The fourth-order valence-corrected chi connectivity index (χ4v) is 5.49. The van der Waals surface area contributed by atoms with Crippen molar-refractivity contribution in [2.24, 2.45) is 0 Å². The van der Waals surface area contributed by atoms with Crippen molar-refractivity contribution in [3.05, 3.63) is 82.4 Å². The van der Waals surface area contributed by atoms with Crippen LogP contribution in [-0.4, -0.2) is 44.3 Å². The highest BCUT2D eigenvalue weighted by Gasteiger charge is 2.46. The zero-order valence-electron chi connectivity index (χ0n) is 20.1. The van der Waals surface area contributed by atoms with E-state index in [0.29, 0.717) is 48.1 Å². The number of benzene rings is 3. The number of hydrogen-bond donors (Lipinski definition) is 1. The highest BCUT2D eigenvalue weighted by Crippen LogP contribution is 2.48. The SMILES string of the molecule is COc1cc2c(cc1OC)[C@@H]1[C@@H](C(=O)NCc3ccc4c(c3)OCO4)c3ccccc3C(=O)N1CC2. The van der Waals surface area contributed by atoms with E-state index in [1.54, 1.807) is 20.3 Å². The van der Waals surface area contributed by atoms with Gasteiger partial charge in [-0.15, -0.1) is 0 Å². The van der Waals surface area contributed by atoms with E-state index in [2.05, 4.69) is 5.32 Å². The van der Waals surface area contributed by atoms with E-state index in [4.69, 9.17) is 18.9 Å². The summed E-state index contributed by atoms with van der Waals surface area (Å²) in [5, 5.41) is 3.10. The predicted molar refractivity (Wildman–Crippen MR) is 131 cm³/mol. The summed E-state index contributed by atoms with van der Waals surface area (Å²) >= 11 is 0. The van der Waals surface area contributed by atoms with Crippen LogP contribution in [0.4, 0.5) is 0 Å². The van der Waals surface area contributed by atoms with Crippen molar-refractivity contribution in [3.8, 4) is 23.0 Å². The molecular weight excluding hydrogens is 460 g/mol. The highest BCUT2D eigenvalue weighted by molar-refractivity contribution is 6.01. The molecule has 0 saturated carbocycles. The maximum atomic E-state index is 13.9. The topological polar surface area (TPSA) is 86.3 Å². The van der Waals surface area contributed by atoms with Crippen molar-refractivity contribution < 1.29 is 28.5 Å². The molecule has 8 nitrogen and oxygen atoms in total. The largest absolute Gasteiger partial charge is 0.493 e. The first-order chi connectivity index (χ1) is 17.6. The van der Waals surface area contributed by atoms with Gasteiger partial charge in [0.15, 0.2) is 23.0 Å². The minimum atomic E-state index is -0.579. The third-order valence-corrected chi connectivity index (χ3v) is 7.21. The molecule has 3 aromatic rings. The summed E-state index contributed by atoms with van der Waals surface area (Å²) in [6.07, 6.45) is 0.672. The molecule has 3 aliphatic rings. The molecular formula is C28H26N2O6. The van der Waals surface area contributed by atoms with E-state index in [9.17, 15) is 9.59 Å². The van der Waals surface area contributed by atoms with Gasteiger partial charge in [-0.3, -0.25) is 9.59 Å². The second-order valence-corrected chi connectivity index (χ2v) is 9.07.